The molecule has 0 aliphatic carbocycles. The summed E-state index contributed by atoms with van der Waals surface area (Å²) in [6.07, 6.45) is 12.3. The van der Waals surface area contributed by atoms with Gasteiger partial charge < -0.3 is 10.9 Å². The number of alkyl halides is 2. The molecule has 138 valence electrons. The van der Waals surface area contributed by atoms with Gasteiger partial charge in [-0.1, -0.05) is 52.0 Å². The molecule has 0 bridgehead atoms. The first-order chi connectivity index (χ1) is 11.5. The Bertz CT molecular complexity index is 615. The topological polar surface area (TPSA) is 36.4 Å². The fourth-order valence-corrected chi connectivity index (χ4v) is 2.28. The molecular formula is C20H29F2N3. The zero-order chi connectivity index (χ0) is 19.1. The van der Waals surface area contributed by atoms with Gasteiger partial charge in [-0.05, 0) is 24.5 Å². The van der Waals surface area contributed by atoms with E-state index in [4.69, 9.17) is 0 Å². The van der Waals surface area contributed by atoms with E-state index in [1.54, 1.807) is 12.4 Å². The zero-order valence-corrected chi connectivity index (χ0v) is 15.7. The number of hydrogen-bond acceptors (Lipinski definition) is 3. The van der Waals surface area contributed by atoms with Gasteiger partial charge in [0.05, 0.1) is 5.70 Å². The van der Waals surface area contributed by atoms with Crippen molar-refractivity contribution in [3.63, 3.8) is 0 Å². The van der Waals surface area contributed by atoms with E-state index in [0.717, 1.165) is 12.6 Å². The summed E-state index contributed by atoms with van der Waals surface area (Å²) >= 11 is 0. The van der Waals surface area contributed by atoms with Gasteiger partial charge in [-0.2, -0.15) is 0 Å². The number of hydrogen-bond donors (Lipinski definition) is 2. The largest absolute Gasteiger partial charge is 0.308 e. The minimum atomic E-state index is -2.94. The van der Waals surface area contributed by atoms with Gasteiger partial charge in [-0.3, -0.25) is 4.99 Å². The SMILES string of the molecule is C=C(/C=C(\C=C/NNC1=CN=CC=CC1(C)C)C(C)(F)F)CC(C)C. The van der Waals surface area contributed by atoms with Gasteiger partial charge in [0, 0.05) is 36.5 Å². The Hall–Kier alpha value is -2.17. The van der Waals surface area contributed by atoms with Crippen molar-refractivity contribution in [2.24, 2.45) is 16.3 Å². The van der Waals surface area contributed by atoms with Crippen LogP contribution in [0.3, 0.4) is 0 Å². The second-order valence-electron chi connectivity index (χ2n) is 7.27. The van der Waals surface area contributed by atoms with Gasteiger partial charge in [0.2, 0.25) is 0 Å². The Balaban J connectivity index is 2.77. The van der Waals surface area contributed by atoms with Crippen LogP contribution in [0, 0.1) is 11.3 Å². The fourth-order valence-electron chi connectivity index (χ4n) is 2.28. The van der Waals surface area contributed by atoms with Crippen molar-refractivity contribution in [2.45, 2.75) is 47.0 Å². The van der Waals surface area contributed by atoms with Crippen molar-refractivity contribution in [1.82, 2.24) is 10.9 Å². The third-order valence-electron chi connectivity index (χ3n) is 3.67. The van der Waals surface area contributed by atoms with Crippen LogP contribution in [-0.2, 0) is 0 Å². The average molecular weight is 349 g/mol. The van der Waals surface area contributed by atoms with Crippen LogP contribution >= 0.6 is 0 Å². The Labute approximate surface area is 150 Å². The lowest BCUT2D eigenvalue weighted by Gasteiger charge is -2.24. The quantitative estimate of drug-likeness (QED) is 0.462. The minimum absolute atomic E-state index is 0.0838. The normalized spacial score (nSPS) is 17.6. The first-order valence-corrected chi connectivity index (χ1v) is 8.40. The highest BCUT2D eigenvalue weighted by molar-refractivity contribution is 5.72. The summed E-state index contributed by atoms with van der Waals surface area (Å²) in [4.78, 5) is 4.12. The molecule has 0 aromatic carbocycles. The van der Waals surface area contributed by atoms with E-state index >= 15 is 0 Å². The third kappa shape index (κ3) is 7.50. The van der Waals surface area contributed by atoms with Crippen LogP contribution in [-0.4, -0.2) is 12.1 Å². The smallest absolute Gasteiger partial charge is 0.270 e. The molecule has 0 saturated carbocycles. The van der Waals surface area contributed by atoms with Crippen molar-refractivity contribution in [3.8, 4) is 0 Å². The molecule has 1 heterocycles. The van der Waals surface area contributed by atoms with Crippen molar-refractivity contribution in [3.05, 3.63) is 60.1 Å². The molecule has 0 atom stereocenters. The second kappa shape index (κ2) is 8.79. The molecule has 2 N–H and O–H groups in total. The summed E-state index contributed by atoms with van der Waals surface area (Å²) in [6.45, 7) is 12.9. The van der Waals surface area contributed by atoms with Crippen LogP contribution in [0.25, 0.3) is 0 Å². The standard InChI is InChI=1S/C20H29F2N3/c1-15(2)12-16(3)13-17(20(6,21)22)8-11-24-25-18-14-23-10-7-9-19(18,4)5/h7-11,13-15,24-25H,3,12H2,1-2,4-6H3/b11-8-,17-13+. The summed E-state index contributed by atoms with van der Waals surface area (Å²) in [5.41, 5.74) is 7.05. The molecule has 0 saturated heterocycles. The van der Waals surface area contributed by atoms with Crippen LogP contribution in [0.5, 0.6) is 0 Å². The average Bonchev–Trinajstić information content (AvgIpc) is 2.61. The van der Waals surface area contributed by atoms with Crippen molar-refractivity contribution >= 4 is 6.21 Å². The van der Waals surface area contributed by atoms with Gasteiger partial charge in [0.1, 0.15) is 0 Å². The lowest BCUT2D eigenvalue weighted by Crippen LogP contribution is -2.33. The van der Waals surface area contributed by atoms with Crippen LogP contribution < -0.4 is 10.9 Å². The predicted octanol–water partition coefficient (Wildman–Crippen LogP) is 5.29. The monoisotopic (exact) mass is 349 g/mol. The molecule has 1 aliphatic heterocycles. The lowest BCUT2D eigenvalue weighted by molar-refractivity contribution is 0.0673. The summed E-state index contributed by atoms with van der Waals surface area (Å²) in [7, 11) is 0. The van der Waals surface area contributed by atoms with E-state index in [2.05, 4.69) is 22.4 Å². The summed E-state index contributed by atoms with van der Waals surface area (Å²) in [5.74, 6) is -2.57. The Morgan fingerprint density at radius 3 is 2.68 bits per heavy atom. The lowest BCUT2D eigenvalue weighted by atomic mass is 9.89. The molecule has 0 amide bonds. The summed E-state index contributed by atoms with van der Waals surface area (Å²) in [6, 6.07) is 0. The third-order valence-corrected chi connectivity index (χ3v) is 3.67. The van der Waals surface area contributed by atoms with E-state index in [1.165, 1.54) is 18.4 Å². The molecule has 0 aromatic heterocycles. The number of nitrogens with one attached hydrogen (secondary N) is 2. The van der Waals surface area contributed by atoms with Crippen LogP contribution in [0.15, 0.2) is 65.1 Å². The highest BCUT2D eigenvalue weighted by Gasteiger charge is 2.25. The van der Waals surface area contributed by atoms with Gasteiger partial charge in [0.15, 0.2) is 0 Å². The molecule has 0 aromatic rings. The van der Waals surface area contributed by atoms with Crippen LogP contribution in [0.2, 0.25) is 0 Å². The first-order valence-electron chi connectivity index (χ1n) is 8.40. The van der Waals surface area contributed by atoms with Crippen molar-refractivity contribution in [1.29, 1.82) is 0 Å². The second-order valence-corrected chi connectivity index (χ2v) is 7.27. The highest BCUT2D eigenvalue weighted by atomic mass is 19.3. The molecule has 3 nitrogen and oxygen atoms in total. The van der Waals surface area contributed by atoms with Crippen molar-refractivity contribution in [2.75, 3.05) is 0 Å². The number of hydrazine groups is 1. The Morgan fingerprint density at radius 1 is 1.40 bits per heavy atom. The number of allylic oxidation sites excluding steroid dienone is 6. The number of nitrogens with zero attached hydrogens (tertiary/aromatic N) is 1. The maximum atomic E-state index is 13.8. The van der Waals surface area contributed by atoms with E-state index in [9.17, 15) is 8.78 Å². The number of halogens is 2. The molecular weight excluding hydrogens is 320 g/mol. The number of aliphatic imine (C=N–C) groups is 1. The van der Waals surface area contributed by atoms with E-state index in [1.807, 2.05) is 39.8 Å². The van der Waals surface area contributed by atoms with Crippen LogP contribution in [0.4, 0.5) is 8.78 Å². The molecule has 25 heavy (non-hydrogen) atoms. The number of rotatable bonds is 8. The maximum Gasteiger partial charge on any atom is 0.270 e. The van der Waals surface area contributed by atoms with Crippen molar-refractivity contribution < 1.29 is 8.78 Å². The molecule has 0 spiro atoms. The minimum Gasteiger partial charge on any atom is -0.308 e. The summed E-state index contributed by atoms with van der Waals surface area (Å²) in [5, 5.41) is 0. The zero-order valence-electron chi connectivity index (χ0n) is 15.7. The highest BCUT2D eigenvalue weighted by Crippen LogP contribution is 2.27. The molecule has 1 aliphatic rings. The van der Waals surface area contributed by atoms with Gasteiger partial charge in [-0.25, -0.2) is 8.78 Å². The molecule has 5 heteroatoms. The molecule has 0 unspecified atom stereocenters. The Morgan fingerprint density at radius 2 is 2.08 bits per heavy atom. The van der Waals surface area contributed by atoms with E-state index in [0.29, 0.717) is 17.9 Å². The van der Waals surface area contributed by atoms with Gasteiger partial charge in [-0.15, -0.1) is 0 Å². The van der Waals surface area contributed by atoms with Gasteiger partial charge in [0.25, 0.3) is 5.92 Å². The Kier molecular flexibility index (Phi) is 7.34. The van der Waals surface area contributed by atoms with Gasteiger partial charge >= 0.3 is 0 Å². The maximum absolute atomic E-state index is 13.8. The predicted molar refractivity (Wildman–Crippen MR) is 102 cm³/mol. The first kappa shape index (κ1) is 20.9. The molecule has 1 rings (SSSR count). The van der Waals surface area contributed by atoms with E-state index in [-0.39, 0.29) is 11.0 Å². The van der Waals surface area contributed by atoms with Crippen LogP contribution in [0.1, 0.15) is 41.0 Å². The fraction of sp³-hybridized carbons (Fsp3) is 0.450. The molecule has 0 fully saturated rings. The van der Waals surface area contributed by atoms with E-state index < -0.39 is 5.92 Å². The summed E-state index contributed by atoms with van der Waals surface area (Å²) < 4.78 is 27.6. The molecule has 0 radical (unpaired) electrons.